The Hall–Kier alpha value is -1.85. The molecular weight excluding hydrogens is 514 g/mol. The molecule has 0 spiro atoms. The summed E-state index contributed by atoms with van der Waals surface area (Å²) in [6, 6.07) is 0. The maximum Gasteiger partial charge on any atom is 0.322 e. The maximum atomic E-state index is 12.5. The van der Waals surface area contributed by atoms with Crippen molar-refractivity contribution in [2.45, 2.75) is 187 Å². The highest BCUT2D eigenvalue weighted by Gasteiger charge is 2.12. The fourth-order valence-corrected chi connectivity index (χ4v) is 5.07. The Balaban J connectivity index is 4.17. The first-order chi connectivity index (χ1) is 20.0. The lowest BCUT2D eigenvalue weighted by molar-refractivity contribution is -0.147. The van der Waals surface area contributed by atoms with Gasteiger partial charge in [0.15, 0.2) is 0 Å². The van der Waals surface area contributed by atoms with E-state index in [1.165, 1.54) is 103 Å². The van der Waals surface area contributed by atoms with Gasteiger partial charge in [-0.2, -0.15) is 0 Å². The summed E-state index contributed by atoms with van der Waals surface area (Å²) in [6.07, 6.45) is 33.4. The number of esters is 1. The zero-order chi connectivity index (χ0) is 30.2. The summed E-state index contributed by atoms with van der Waals surface area (Å²) in [6.45, 7) is 4.18. The molecule has 240 valence electrons. The van der Waals surface area contributed by atoms with Crippen molar-refractivity contribution in [3.05, 3.63) is 12.2 Å². The summed E-state index contributed by atoms with van der Waals surface area (Å²) in [5.74, 6) is -1.32. The molecule has 6 nitrogen and oxygen atoms in total. The number of nitrogens with one attached hydrogen (secondary N) is 1. The van der Waals surface area contributed by atoms with Gasteiger partial charge in [0.25, 0.3) is 0 Å². The Bertz CT molecular complexity index is 648. The van der Waals surface area contributed by atoms with Gasteiger partial charge >= 0.3 is 11.9 Å². The Morgan fingerprint density at radius 1 is 0.634 bits per heavy atom. The van der Waals surface area contributed by atoms with Gasteiger partial charge in [-0.05, 0) is 44.6 Å². The van der Waals surface area contributed by atoms with Crippen molar-refractivity contribution in [3.8, 4) is 0 Å². The lowest BCUT2D eigenvalue weighted by Crippen LogP contribution is -2.28. The van der Waals surface area contributed by atoms with E-state index in [1.807, 2.05) is 0 Å². The van der Waals surface area contributed by atoms with Crippen LogP contribution in [0.2, 0.25) is 0 Å². The first-order valence-electron chi connectivity index (χ1n) is 17.3. The predicted molar refractivity (Wildman–Crippen MR) is 171 cm³/mol. The molecule has 1 unspecified atom stereocenters. The van der Waals surface area contributed by atoms with E-state index in [2.05, 4.69) is 31.3 Å². The molecule has 2 N–H and O–H groups in total. The topological polar surface area (TPSA) is 92.7 Å². The average Bonchev–Trinajstić information content (AvgIpc) is 2.95. The minimum absolute atomic E-state index is 0.0820. The van der Waals surface area contributed by atoms with Crippen molar-refractivity contribution in [1.82, 2.24) is 5.32 Å². The zero-order valence-corrected chi connectivity index (χ0v) is 26.9. The summed E-state index contributed by atoms with van der Waals surface area (Å²) in [7, 11) is 0. The van der Waals surface area contributed by atoms with Gasteiger partial charge in [0, 0.05) is 12.8 Å². The van der Waals surface area contributed by atoms with Gasteiger partial charge in [0.05, 0.1) is 0 Å². The van der Waals surface area contributed by atoms with Crippen LogP contribution in [-0.2, 0) is 19.1 Å². The summed E-state index contributed by atoms with van der Waals surface area (Å²) >= 11 is 0. The Kier molecular flexibility index (Phi) is 29.7. The third kappa shape index (κ3) is 30.9. The van der Waals surface area contributed by atoms with Crippen LogP contribution in [0.15, 0.2) is 12.2 Å². The first kappa shape index (κ1) is 39.1. The zero-order valence-electron chi connectivity index (χ0n) is 26.9. The molecule has 0 fully saturated rings. The first-order valence-corrected chi connectivity index (χ1v) is 17.3. The second-order valence-corrected chi connectivity index (χ2v) is 11.8. The largest absolute Gasteiger partial charge is 0.480 e. The number of allylic oxidation sites excluding steroid dienone is 1. The standard InChI is InChI=1S/C35H65NO5/c1-3-5-7-9-11-13-14-15-16-18-20-26-30-35(40)41-32(27-23-19-17-12-10-8-6-4-2)28-24-21-22-25-29-33(37)36-31-34(38)39/h23,27,32H,3-22,24-26,28-31H2,1-2H3,(H,36,37)(H,38,39)/b27-23-. The number of rotatable bonds is 31. The van der Waals surface area contributed by atoms with Crippen molar-refractivity contribution >= 4 is 17.8 Å². The van der Waals surface area contributed by atoms with Crippen LogP contribution in [0.1, 0.15) is 181 Å². The molecule has 1 amide bonds. The molecule has 0 aliphatic carbocycles. The second-order valence-electron chi connectivity index (χ2n) is 11.8. The van der Waals surface area contributed by atoms with Crippen LogP contribution in [0.25, 0.3) is 0 Å². The van der Waals surface area contributed by atoms with Crippen molar-refractivity contribution in [2.75, 3.05) is 6.54 Å². The summed E-state index contributed by atoms with van der Waals surface area (Å²) < 4.78 is 5.86. The van der Waals surface area contributed by atoms with E-state index in [4.69, 9.17) is 9.84 Å². The van der Waals surface area contributed by atoms with Crippen molar-refractivity contribution < 1.29 is 24.2 Å². The predicted octanol–water partition coefficient (Wildman–Crippen LogP) is 9.84. The molecule has 0 aromatic rings. The average molecular weight is 580 g/mol. The molecule has 6 heteroatoms. The number of amides is 1. The number of hydrogen-bond acceptors (Lipinski definition) is 4. The van der Waals surface area contributed by atoms with Crippen LogP contribution in [-0.4, -0.2) is 35.6 Å². The molecule has 0 aliphatic heterocycles. The lowest BCUT2D eigenvalue weighted by atomic mass is 10.0. The number of carboxylic acid groups (broad SMARTS) is 1. The van der Waals surface area contributed by atoms with Crippen LogP contribution < -0.4 is 5.32 Å². The van der Waals surface area contributed by atoms with Crippen molar-refractivity contribution in [3.63, 3.8) is 0 Å². The third-order valence-electron chi connectivity index (χ3n) is 7.67. The number of hydrogen-bond donors (Lipinski definition) is 2. The molecular formula is C35H65NO5. The van der Waals surface area contributed by atoms with Crippen LogP contribution in [0.5, 0.6) is 0 Å². The van der Waals surface area contributed by atoms with E-state index in [-0.39, 0.29) is 24.5 Å². The van der Waals surface area contributed by atoms with Crippen LogP contribution in [0.3, 0.4) is 0 Å². The van der Waals surface area contributed by atoms with Crippen LogP contribution in [0.4, 0.5) is 0 Å². The number of carbonyl (C=O) groups excluding carboxylic acids is 2. The molecule has 1 atom stereocenters. The lowest BCUT2D eigenvalue weighted by Gasteiger charge is -2.15. The van der Waals surface area contributed by atoms with Crippen molar-refractivity contribution in [1.29, 1.82) is 0 Å². The molecule has 0 aromatic heterocycles. The maximum absolute atomic E-state index is 12.5. The summed E-state index contributed by atoms with van der Waals surface area (Å²) in [5, 5.41) is 11.0. The molecule has 0 rings (SSSR count). The number of carboxylic acids is 1. The van der Waals surface area contributed by atoms with E-state index in [9.17, 15) is 14.4 Å². The molecule has 0 aliphatic rings. The highest BCUT2D eigenvalue weighted by Crippen LogP contribution is 2.16. The van der Waals surface area contributed by atoms with Gasteiger partial charge in [-0.1, -0.05) is 135 Å². The summed E-state index contributed by atoms with van der Waals surface area (Å²) in [5.41, 5.74) is 0. The highest BCUT2D eigenvalue weighted by molar-refractivity contribution is 5.80. The molecule has 41 heavy (non-hydrogen) atoms. The molecule has 0 saturated carbocycles. The Morgan fingerprint density at radius 2 is 1.10 bits per heavy atom. The monoisotopic (exact) mass is 579 g/mol. The van der Waals surface area contributed by atoms with E-state index in [0.717, 1.165) is 51.4 Å². The van der Waals surface area contributed by atoms with Gasteiger partial charge < -0.3 is 15.2 Å². The van der Waals surface area contributed by atoms with E-state index in [1.54, 1.807) is 0 Å². The fourth-order valence-electron chi connectivity index (χ4n) is 5.07. The van der Waals surface area contributed by atoms with E-state index < -0.39 is 5.97 Å². The van der Waals surface area contributed by atoms with Gasteiger partial charge in [-0.3, -0.25) is 14.4 Å². The minimum atomic E-state index is -1.03. The van der Waals surface area contributed by atoms with Gasteiger partial charge in [0.2, 0.25) is 5.91 Å². The molecule has 0 bridgehead atoms. The molecule has 0 heterocycles. The third-order valence-corrected chi connectivity index (χ3v) is 7.67. The van der Waals surface area contributed by atoms with E-state index >= 15 is 0 Å². The Labute approximate surface area is 252 Å². The number of carbonyl (C=O) groups is 3. The SMILES string of the molecule is CCCCCCCC/C=C\C(CCCCCCC(=O)NCC(=O)O)OC(=O)CCCCCCCCCCCCCC. The van der Waals surface area contributed by atoms with Gasteiger partial charge in [-0.15, -0.1) is 0 Å². The molecule has 0 saturated heterocycles. The number of unbranched alkanes of at least 4 members (excludes halogenated alkanes) is 20. The van der Waals surface area contributed by atoms with Crippen molar-refractivity contribution in [2.24, 2.45) is 0 Å². The van der Waals surface area contributed by atoms with Crippen LogP contribution in [0, 0.1) is 0 Å². The van der Waals surface area contributed by atoms with Gasteiger partial charge in [0.1, 0.15) is 12.6 Å². The fraction of sp³-hybridized carbons (Fsp3) is 0.857. The second kappa shape index (κ2) is 31.1. The van der Waals surface area contributed by atoms with Crippen LogP contribution >= 0.6 is 0 Å². The summed E-state index contributed by atoms with van der Waals surface area (Å²) in [4.78, 5) is 34.7. The normalized spacial score (nSPS) is 12.0. The van der Waals surface area contributed by atoms with E-state index in [0.29, 0.717) is 12.8 Å². The highest BCUT2D eigenvalue weighted by atomic mass is 16.5. The molecule has 0 radical (unpaired) electrons. The number of aliphatic carboxylic acids is 1. The number of ether oxygens (including phenoxy) is 1. The Morgan fingerprint density at radius 3 is 1.63 bits per heavy atom. The van der Waals surface area contributed by atoms with Gasteiger partial charge in [-0.25, -0.2) is 0 Å². The smallest absolute Gasteiger partial charge is 0.322 e. The minimum Gasteiger partial charge on any atom is -0.480 e. The molecule has 0 aromatic carbocycles. The quantitative estimate of drug-likeness (QED) is 0.0484.